The number of pyridine rings is 1. The highest BCUT2D eigenvalue weighted by Crippen LogP contribution is 2.40. The Balaban J connectivity index is 0.00000368. The fourth-order valence-electron chi connectivity index (χ4n) is 5.45. The van der Waals surface area contributed by atoms with Crippen molar-refractivity contribution in [2.24, 2.45) is 0 Å². The van der Waals surface area contributed by atoms with Crippen molar-refractivity contribution in [1.29, 1.82) is 0 Å². The number of amides is 1. The molecule has 1 fully saturated rings. The molecule has 254 valence electrons. The van der Waals surface area contributed by atoms with E-state index in [0.29, 0.717) is 47.7 Å². The van der Waals surface area contributed by atoms with Crippen molar-refractivity contribution in [1.82, 2.24) is 4.98 Å². The molecule has 1 saturated heterocycles. The molecular weight excluding hydrogens is 620 g/mol. The lowest BCUT2D eigenvalue weighted by Gasteiger charge is -2.42. The molecule has 2 N–H and O–H groups in total. The first-order chi connectivity index (χ1) is 20.3. The number of halogens is 3. The van der Waals surface area contributed by atoms with Gasteiger partial charge in [0.05, 0.1) is 56.1 Å². The van der Waals surface area contributed by atoms with Crippen molar-refractivity contribution in [2.45, 2.75) is 46.7 Å². The van der Waals surface area contributed by atoms with Crippen LogP contribution in [0.3, 0.4) is 0 Å². The van der Waals surface area contributed by atoms with Gasteiger partial charge in [-0.15, -0.1) is 0 Å². The molecule has 0 spiro atoms. The Labute approximate surface area is 270 Å². The van der Waals surface area contributed by atoms with E-state index < -0.39 is 30.9 Å². The van der Waals surface area contributed by atoms with E-state index in [-0.39, 0.29) is 27.1 Å². The monoisotopic (exact) mass is 666 g/mol. The average Bonchev–Trinajstić information content (AvgIpc) is 2.95. The minimum Gasteiger partial charge on any atom is -0.358 e. The fraction of sp³-hybridized carbons (Fsp3) is 0.424. The van der Waals surface area contributed by atoms with E-state index in [1.807, 2.05) is 44.3 Å². The number of quaternary nitrogens is 1. The first kappa shape index (κ1) is 38.9. The van der Waals surface area contributed by atoms with Gasteiger partial charge in [0, 0.05) is 12.6 Å². The van der Waals surface area contributed by atoms with Gasteiger partial charge in [0.25, 0.3) is 0 Å². The molecule has 1 aliphatic rings. The number of carbonyl (C=O) groups is 1. The molecule has 9 nitrogen and oxygen atoms in total. The van der Waals surface area contributed by atoms with Crippen molar-refractivity contribution < 1.29 is 41.3 Å². The van der Waals surface area contributed by atoms with Crippen molar-refractivity contribution in [3.63, 3.8) is 0 Å². The Bertz CT molecular complexity index is 1580. The molecule has 3 aromatic rings. The average molecular weight is 667 g/mol. The third kappa shape index (κ3) is 8.74. The number of benzene rings is 2. The van der Waals surface area contributed by atoms with Gasteiger partial charge in [-0.05, 0) is 62.6 Å². The predicted molar refractivity (Wildman–Crippen MR) is 176 cm³/mol. The summed E-state index contributed by atoms with van der Waals surface area (Å²) in [6.45, 7) is 8.89. The molecule has 0 radical (unpaired) electrons. The number of alkyl halides is 3. The maximum Gasteiger partial charge on any atom is 0.474 e. The van der Waals surface area contributed by atoms with Gasteiger partial charge in [0.2, 0.25) is 5.91 Å². The first-order valence-electron chi connectivity index (χ1n) is 14.1. The van der Waals surface area contributed by atoms with Crippen LogP contribution in [-0.4, -0.2) is 72.2 Å². The Hall–Kier alpha value is -3.28. The fourth-order valence-corrected chi connectivity index (χ4v) is 5.88. The number of hydrogen-bond acceptors (Lipinski definition) is 5. The van der Waals surface area contributed by atoms with E-state index in [9.17, 15) is 22.5 Å². The molecule has 2 heterocycles. The number of aromatic nitrogens is 1. The van der Waals surface area contributed by atoms with Crippen molar-refractivity contribution in [3.05, 3.63) is 84.4 Å². The second-order valence-corrected chi connectivity index (χ2v) is 13.5. The van der Waals surface area contributed by atoms with Gasteiger partial charge < -0.3 is 31.5 Å². The molecule has 4 rings (SSSR count). The minimum absolute atomic E-state index is 0. The number of nitrogens with zero attached hydrogens (tertiary/aromatic N) is 4. The van der Waals surface area contributed by atoms with Crippen LogP contribution >= 0.6 is 7.82 Å². The van der Waals surface area contributed by atoms with E-state index in [2.05, 4.69) is 4.90 Å². The van der Waals surface area contributed by atoms with Crippen LogP contribution in [0.25, 0.3) is 11.1 Å². The summed E-state index contributed by atoms with van der Waals surface area (Å²) in [7, 11) is -1.11. The van der Waals surface area contributed by atoms with E-state index in [1.165, 1.54) is 4.90 Å². The third-order valence-corrected chi connectivity index (χ3v) is 8.76. The van der Waals surface area contributed by atoms with Crippen LogP contribution in [0.5, 0.6) is 0 Å². The largest absolute Gasteiger partial charge is 0.474 e. The maximum absolute atomic E-state index is 14.0. The number of anilines is 2. The summed E-state index contributed by atoms with van der Waals surface area (Å²) in [6.07, 6.45) is -2.93. The molecule has 1 amide bonds. The molecule has 0 unspecified atom stereocenters. The zero-order valence-electron chi connectivity index (χ0n) is 26.7. The first-order valence-corrected chi connectivity index (χ1v) is 15.7. The van der Waals surface area contributed by atoms with Crippen LogP contribution in [0.1, 0.15) is 43.5 Å². The number of hydrogen-bond donors (Lipinski definition) is 2. The van der Waals surface area contributed by atoms with Gasteiger partial charge in [-0.2, -0.15) is 13.2 Å². The lowest BCUT2D eigenvalue weighted by molar-refractivity contribution is -0.925. The van der Waals surface area contributed by atoms with Crippen LogP contribution in [0.2, 0.25) is 0 Å². The molecular formula is C33H46F3N4O5P. The lowest BCUT2D eigenvalue weighted by atomic mass is 9.81. The van der Waals surface area contributed by atoms with Crippen LogP contribution < -0.4 is 9.80 Å². The van der Waals surface area contributed by atoms with Crippen LogP contribution in [0, 0.1) is 21.3 Å². The summed E-state index contributed by atoms with van der Waals surface area (Å²) in [4.78, 5) is 40.5. The quantitative estimate of drug-likeness (QED) is 0.156. The Morgan fingerprint density at radius 3 is 2.20 bits per heavy atom. The molecule has 0 bridgehead atoms. The second-order valence-electron chi connectivity index (χ2n) is 12.3. The summed E-state index contributed by atoms with van der Waals surface area (Å²) < 4.78 is 57.1. The summed E-state index contributed by atoms with van der Waals surface area (Å²) in [5.41, 5.74) is 1.70. The number of aryl methyl sites for hydroxylation is 2. The molecule has 1 aromatic heterocycles. The number of carbonyl (C=O) groups excluding carboxylic acids is 1. The lowest BCUT2D eigenvalue weighted by Crippen LogP contribution is -2.58. The predicted octanol–water partition coefficient (Wildman–Crippen LogP) is 6.74. The molecule has 1 aliphatic heterocycles. The number of piperazine rings is 1. The summed E-state index contributed by atoms with van der Waals surface area (Å²) in [5, 5.41) is 0. The van der Waals surface area contributed by atoms with E-state index in [1.54, 1.807) is 40.1 Å². The van der Waals surface area contributed by atoms with Crippen LogP contribution in [0.4, 0.5) is 24.7 Å². The Morgan fingerprint density at radius 2 is 1.63 bits per heavy atom. The topological polar surface area (TPSA) is 103 Å². The second kappa shape index (κ2) is 14.2. The van der Waals surface area contributed by atoms with Gasteiger partial charge in [-0.3, -0.25) is 4.79 Å². The summed E-state index contributed by atoms with van der Waals surface area (Å²) >= 11 is 0. The highest BCUT2D eigenvalue weighted by atomic mass is 31.2. The number of rotatable bonds is 8. The highest BCUT2D eigenvalue weighted by molar-refractivity contribution is 7.46. The normalized spacial score (nSPS) is 15.1. The smallest absolute Gasteiger partial charge is 0.358 e. The SMILES string of the molecule is C.Cc1cc(C(F)(F)F)cc(C(C)(C)C(=O)N(C)c2cnc(N3CC[N+](C)(COP(=O)(O)O)CC3)cc2-c2ccccc2C)c1.[CH3-]. The number of phosphoric acid groups is 1. The number of phosphoric ester groups is 1. The standard InChI is InChI=1S/C31H38F3N4O5P.CH4.CH3/c1-21-15-23(17-24(16-21)31(32,33)34)30(3,4)29(39)36(5)27-19-35-28(18-26(27)25-10-8-7-9-22(25)2)37-11-13-38(6,14-12-37)20-43-44(40,41)42;;/h7-10,15-19H,11-14,20H2,1-6H3,(H-,40,41,42);1H4;1H3/q;;-1/p+1. The van der Waals surface area contributed by atoms with Gasteiger partial charge in [0.1, 0.15) is 5.82 Å². The van der Waals surface area contributed by atoms with Gasteiger partial charge in [0.15, 0.2) is 6.73 Å². The summed E-state index contributed by atoms with van der Waals surface area (Å²) in [6, 6.07) is 13.3. The van der Waals surface area contributed by atoms with Gasteiger partial charge in [-0.25, -0.2) is 14.1 Å². The van der Waals surface area contributed by atoms with Crippen LogP contribution in [-0.2, 0) is 25.5 Å². The van der Waals surface area contributed by atoms with Gasteiger partial charge in [-0.1, -0.05) is 43.3 Å². The van der Waals surface area contributed by atoms with E-state index in [0.717, 1.165) is 28.8 Å². The molecule has 0 atom stereocenters. The highest BCUT2D eigenvalue weighted by Gasteiger charge is 2.38. The van der Waals surface area contributed by atoms with Gasteiger partial charge >= 0.3 is 14.0 Å². The van der Waals surface area contributed by atoms with Crippen molar-refractivity contribution >= 4 is 25.2 Å². The zero-order chi connectivity index (χ0) is 32.7. The Morgan fingerprint density at radius 1 is 1.04 bits per heavy atom. The number of likely N-dealkylation sites (N-methyl/N-ethyl adjacent to an activating group) is 2. The molecule has 0 saturated carbocycles. The molecule has 2 aromatic carbocycles. The van der Waals surface area contributed by atoms with Crippen molar-refractivity contribution in [3.8, 4) is 11.1 Å². The molecule has 13 heteroatoms. The van der Waals surface area contributed by atoms with E-state index >= 15 is 0 Å². The minimum atomic E-state index is -4.58. The Kier molecular flexibility index (Phi) is 12.0. The molecule has 46 heavy (non-hydrogen) atoms. The third-order valence-electron chi connectivity index (χ3n) is 8.31. The summed E-state index contributed by atoms with van der Waals surface area (Å²) in [5.74, 6) is 0.277. The zero-order valence-corrected chi connectivity index (χ0v) is 27.6. The van der Waals surface area contributed by atoms with E-state index in [4.69, 9.17) is 19.3 Å². The van der Waals surface area contributed by atoms with Crippen molar-refractivity contribution in [2.75, 3.05) is 56.8 Å². The van der Waals surface area contributed by atoms with Crippen LogP contribution in [0.15, 0.2) is 54.7 Å². The maximum atomic E-state index is 14.0. The molecule has 0 aliphatic carbocycles.